The molecule has 4 rings (SSSR count). The number of oxime groups is 1. The van der Waals surface area contributed by atoms with Crippen molar-refractivity contribution < 1.29 is 14.3 Å². The van der Waals surface area contributed by atoms with Gasteiger partial charge in [-0.15, -0.1) is 0 Å². The quantitative estimate of drug-likeness (QED) is 0.445. The van der Waals surface area contributed by atoms with Crippen molar-refractivity contribution in [2.45, 2.75) is 24.9 Å². The van der Waals surface area contributed by atoms with Crippen LogP contribution in [0.4, 0.5) is 0 Å². The Morgan fingerprint density at radius 3 is 2.61 bits per heavy atom. The van der Waals surface area contributed by atoms with Crippen molar-refractivity contribution in [1.29, 1.82) is 0 Å². The van der Waals surface area contributed by atoms with E-state index in [0.717, 1.165) is 37.4 Å². The maximum absolute atomic E-state index is 6.11. The Balaban J connectivity index is 1.53. The summed E-state index contributed by atoms with van der Waals surface area (Å²) in [4.78, 5) is 4.96. The Kier molecular flexibility index (Phi) is 5.58. The zero-order chi connectivity index (χ0) is 19.2. The summed E-state index contributed by atoms with van der Waals surface area (Å²) in [6.45, 7) is 1.98. The summed E-state index contributed by atoms with van der Waals surface area (Å²) >= 11 is 0. The summed E-state index contributed by atoms with van der Waals surface area (Å²) in [5.41, 5.74) is 2.18. The highest BCUT2D eigenvalue weighted by Gasteiger charge is 2.33. The Bertz CT molecular complexity index is 961. The van der Waals surface area contributed by atoms with Crippen LogP contribution in [0, 0.1) is 0 Å². The monoisotopic (exact) mass is 375 g/mol. The summed E-state index contributed by atoms with van der Waals surface area (Å²) in [5, 5.41) is 6.55. The number of benzene rings is 3. The molecule has 0 unspecified atom stereocenters. The van der Waals surface area contributed by atoms with Crippen molar-refractivity contribution in [2.24, 2.45) is 5.16 Å². The minimum Gasteiger partial charge on any atom is -0.489 e. The van der Waals surface area contributed by atoms with Gasteiger partial charge in [-0.2, -0.15) is 0 Å². The summed E-state index contributed by atoms with van der Waals surface area (Å²) < 4.78 is 11.7. The molecule has 0 bridgehead atoms. The molecule has 3 aromatic carbocycles. The lowest BCUT2D eigenvalue weighted by molar-refractivity contribution is 0.0707. The minimum absolute atomic E-state index is 0.170. The van der Waals surface area contributed by atoms with E-state index in [9.17, 15) is 0 Å². The summed E-state index contributed by atoms with van der Waals surface area (Å²) in [5.74, 6) is 0.863. The van der Waals surface area contributed by atoms with Crippen molar-refractivity contribution in [1.82, 2.24) is 0 Å². The molecule has 0 N–H and O–H groups in total. The SMILES string of the molecule is CON=CC1(c2cccc(OCc3ccc4ccccc4c3)c2)CCOCC1. The van der Waals surface area contributed by atoms with Gasteiger partial charge in [0.15, 0.2) is 0 Å². The van der Waals surface area contributed by atoms with E-state index in [1.807, 2.05) is 18.3 Å². The highest BCUT2D eigenvalue weighted by Crippen LogP contribution is 2.35. The van der Waals surface area contributed by atoms with Crippen LogP contribution in [0.5, 0.6) is 5.75 Å². The molecule has 0 aromatic heterocycles. The van der Waals surface area contributed by atoms with Crippen molar-refractivity contribution in [3.05, 3.63) is 77.9 Å². The smallest absolute Gasteiger partial charge is 0.120 e. The lowest BCUT2D eigenvalue weighted by Gasteiger charge is -2.34. The van der Waals surface area contributed by atoms with E-state index in [1.165, 1.54) is 16.3 Å². The van der Waals surface area contributed by atoms with Gasteiger partial charge < -0.3 is 14.3 Å². The molecule has 28 heavy (non-hydrogen) atoms. The van der Waals surface area contributed by atoms with Gasteiger partial charge >= 0.3 is 0 Å². The second kappa shape index (κ2) is 8.44. The molecule has 0 amide bonds. The van der Waals surface area contributed by atoms with Crippen molar-refractivity contribution >= 4 is 17.0 Å². The van der Waals surface area contributed by atoms with E-state index < -0.39 is 0 Å². The zero-order valence-corrected chi connectivity index (χ0v) is 16.1. The molecule has 0 saturated carbocycles. The second-order valence-electron chi connectivity index (χ2n) is 7.18. The molecule has 1 fully saturated rings. The topological polar surface area (TPSA) is 40.0 Å². The van der Waals surface area contributed by atoms with Crippen LogP contribution in [-0.4, -0.2) is 26.5 Å². The Morgan fingerprint density at radius 2 is 1.79 bits per heavy atom. The third-order valence-electron chi connectivity index (χ3n) is 5.42. The third kappa shape index (κ3) is 4.02. The third-order valence-corrected chi connectivity index (χ3v) is 5.42. The number of rotatable bonds is 6. The molecule has 0 atom stereocenters. The Labute approximate surface area is 165 Å². The molecule has 0 aliphatic carbocycles. The number of hydrogen-bond donors (Lipinski definition) is 0. The van der Waals surface area contributed by atoms with Crippen LogP contribution < -0.4 is 4.74 Å². The molecule has 4 nitrogen and oxygen atoms in total. The maximum Gasteiger partial charge on any atom is 0.120 e. The van der Waals surface area contributed by atoms with Crippen LogP contribution in [0.25, 0.3) is 10.8 Å². The summed E-state index contributed by atoms with van der Waals surface area (Å²) in [7, 11) is 1.58. The van der Waals surface area contributed by atoms with E-state index in [4.69, 9.17) is 14.3 Å². The van der Waals surface area contributed by atoms with Gasteiger partial charge in [0.05, 0.1) is 6.21 Å². The molecule has 1 heterocycles. The van der Waals surface area contributed by atoms with E-state index in [1.54, 1.807) is 7.11 Å². The first-order valence-electron chi connectivity index (χ1n) is 9.66. The predicted octanol–water partition coefficient (Wildman–Crippen LogP) is 5.10. The first-order valence-corrected chi connectivity index (χ1v) is 9.66. The average Bonchev–Trinajstić information content (AvgIpc) is 2.77. The van der Waals surface area contributed by atoms with Gasteiger partial charge in [0.25, 0.3) is 0 Å². The van der Waals surface area contributed by atoms with Gasteiger partial charge in [0.2, 0.25) is 0 Å². The zero-order valence-electron chi connectivity index (χ0n) is 16.1. The minimum atomic E-state index is -0.170. The molecule has 1 aliphatic rings. The summed E-state index contributed by atoms with van der Waals surface area (Å²) in [6, 6.07) is 23.1. The van der Waals surface area contributed by atoms with Crippen LogP contribution in [0.15, 0.2) is 71.9 Å². The van der Waals surface area contributed by atoms with Gasteiger partial charge in [-0.3, -0.25) is 0 Å². The van der Waals surface area contributed by atoms with Gasteiger partial charge in [0.1, 0.15) is 19.5 Å². The van der Waals surface area contributed by atoms with E-state index in [2.05, 4.69) is 59.8 Å². The molecule has 1 saturated heterocycles. The molecular weight excluding hydrogens is 350 g/mol. The van der Waals surface area contributed by atoms with E-state index >= 15 is 0 Å². The van der Waals surface area contributed by atoms with Crippen LogP contribution in [0.3, 0.4) is 0 Å². The van der Waals surface area contributed by atoms with Gasteiger partial charge in [0, 0.05) is 18.6 Å². The molecule has 3 aromatic rings. The van der Waals surface area contributed by atoms with Crippen LogP contribution >= 0.6 is 0 Å². The standard InChI is InChI=1S/C24H25NO3/c1-26-25-18-24(11-13-27-14-12-24)22-7-4-8-23(16-22)28-17-19-9-10-20-5-2-3-6-21(20)15-19/h2-10,15-16,18H,11-14,17H2,1H3. The lowest BCUT2D eigenvalue weighted by Crippen LogP contribution is -2.35. The van der Waals surface area contributed by atoms with E-state index in [0.29, 0.717) is 6.61 Å². The van der Waals surface area contributed by atoms with Crippen molar-refractivity contribution in [3.8, 4) is 5.75 Å². The number of nitrogens with zero attached hydrogens (tertiary/aromatic N) is 1. The maximum atomic E-state index is 6.11. The average molecular weight is 375 g/mol. The van der Waals surface area contributed by atoms with Crippen LogP contribution in [0.2, 0.25) is 0 Å². The van der Waals surface area contributed by atoms with Crippen LogP contribution in [-0.2, 0) is 21.6 Å². The number of fused-ring (bicyclic) bond motifs is 1. The van der Waals surface area contributed by atoms with Crippen molar-refractivity contribution in [2.75, 3.05) is 20.3 Å². The number of hydrogen-bond acceptors (Lipinski definition) is 4. The normalized spacial score (nSPS) is 16.3. The Hall–Kier alpha value is -2.85. The Morgan fingerprint density at radius 1 is 0.964 bits per heavy atom. The second-order valence-corrected chi connectivity index (χ2v) is 7.18. The predicted molar refractivity (Wildman–Crippen MR) is 112 cm³/mol. The fourth-order valence-electron chi connectivity index (χ4n) is 3.77. The molecule has 0 radical (unpaired) electrons. The molecular formula is C24H25NO3. The van der Waals surface area contributed by atoms with Gasteiger partial charge in [-0.25, -0.2) is 0 Å². The molecule has 0 spiro atoms. The molecule has 1 aliphatic heterocycles. The van der Waals surface area contributed by atoms with Crippen LogP contribution in [0.1, 0.15) is 24.0 Å². The first kappa shape index (κ1) is 18.5. The number of ether oxygens (including phenoxy) is 2. The molecule has 4 heteroatoms. The fourth-order valence-corrected chi connectivity index (χ4v) is 3.77. The lowest BCUT2D eigenvalue weighted by atomic mass is 9.75. The largest absolute Gasteiger partial charge is 0.489 e. The summed E-state index contributed by atoms with van der Waals surface area (Å²) in [6.07, 6.45) is 3.68. The highest BCUT2D eigenvalue weighted by molar-refractivity contribution is 5.83. The van der Waals surface area contributed by atoms with Gasteiger partial charge in [-0.1, -0.05) is 53.7 Å². The van der Waals surface area contributed by atoms with E-state index in [-0.39, 0.29) is 5.41 Å². The highest BCUT2D eigenvalue weighted by atomic mass is 16.6. The first-order chi connectivity index (χ1) is 13.8. The van der Waals surface area contributed by atoms with Crippen molar-refractivity contribution in [3.63, 3.8) is 0 Å². The fraction of sp³-hybridized carbons (Fsp3) is 0.292. The van der Waals surface area contributed by atoms with Gasteiger partial charge in [-0.05, 0) is 52.9 Å². The molecule has 144 valence electrons.